The zero-order valence-electron chi connectivity index (χ0n) is 19.4. The van der Waals surface area contributed by atoms with Crippen molar-refractivity contribution in [3.63, 3.8) is 0 Å². The van der Waals surface area contributed by atoms with Crippen LogP contribution in [-0.4, -0.2) is 16.8 Å². The molecular weight excluding hydrogens is 462 g/mol. The number of para-hydroxylation sites is 1. The monoisotopic (exact) mass is 489 g/mol. The Labute approximate surface area is 208 Å². The van der Waals surface area contributed by atoms with Crippen molar-refractivity contribution in [3.05, 3.63) is 84.4 Å². The van der Waals surface area contributed by atoms with E-state index in [1.165, 1.54) is 23.1 Å². The van der Waals surface area contributed by atoms with Gasteiger partial charge in [-0.15, -0.1) is 11.8 Å². The molecule has 1 aromatic heterocycles. The Balaban J connectivity index is 1.49. The van der Waals surface area contributed by atoms with Crippen LogP contribution in [0.2, 0.25) is 0 Å². The summed E-state index contributed by atoms with van der Waals surface area (Å²) in [4.78, 5) is 31.0. The van der Waals surface area contributed by atoms with Crippen LogP contribution in [0, 0.1) is 5.41 Å². The summed E-state index contributed by atoms with van der Waals surface area (Å²) in [6, 6.07) is 25.1. The molecule has 7 heteroatoms. The Bertz CT molecular complexity index is 1250. The number of nitrogens with one attached hydrogen (secondary N) is 2. The fourth-order valence-corrected chi connectivity index (χ4v) is 5.33. The van der Waals surface area contributed by atoms with E-state index in [4.69, 9.17) is 0 Å². The normalized spacial score (nSPS) is 12.3. The molecule has 2 N–H and O–H groups in total. The van der Waals surface area contributed by atoms with Gasteiger partial charge in [-0.25, -0.2) is 4.98 Å². The van der Waals surface area contributed by atoms with Crippen LogP contribution >= 0.6 is 23.1 Å². The molecule has 0 aliphatic heterocycles. The fourth-order valence-electron chi connectivity index (χ4n) is 3.44. The smallest absolute Gasteiger partial charge is 0.244 e. The number of thiazole rings is 1. The molecule has 4 aromatic rings. The SMILES string of the molecule is CC(C)(C)CC(=O)Nc1ccc(SC(C(=O)Nc2nc3ccccc3s2)c2ccccc2)cc1. The molecule has 1 heterocycles. The first-order valence-corrected chi connectivity index (χ1v) is 12.7. The lowest BCUT2D eigenvalue weighted by molar-refractivity contribution is -0.118. The molecular formula is C27H27N3O2S2. The number of aromatic nitrogens is 1. The maximum atomic E-state index is 13.3. The minimum atomic E-state index is -0.449. The molecule has 0 radical (unpaired) electrons. The highest BCUT2D eigenvalue weighted by Crippen LogP contribution is 2.37. The van der Waals surface area contributed by atoms with E-state index in [-0.39, 0.29) is 17.2 Å². The summed E-state index contributed by atoms with van der Waals surface area (Å²) < 4.78 is 1.03. The predicted octanol–water partition coefficient (Wildman–Crippen LogP) is 7.14. The van der Waals surface area contributed by atoms with Crippen LogP contribution in [0.15, 0.2) is 83.8 Å². The Morgan fingerprint density at radius 3 is 2.26 bits per heavy atom. The number of carbonyl (C=O) groups is 2. The standard InChI is InChI=1S/C27H27N3O2S2/c1-27(2,3)17-23(31)28-19-13-15-20(16-14-19)33-24(18-9-5-4-6-10-18)25(32)30-26-29-21-11-7-8-12-22(21)34-26/h4-16,24H,17H2,1-3H3,(H,28,31)(H,29,30,32). The van der Waals surface area contributed by atoms with Crippen LogP contribution < -0.4 is 10.6 Å². The van der Waals surface area contributed by atoms with Crippen molar-refractivity contribution in [2.45, 2.75) is 37.3 Å². The minimum absolute atomic E-state index is 0.00900. The Hall–Kier alpha value is -3.16. The lowest BCUT2D eigenvalue weighted by Crippen LogP contribution is -2.19. The van der Waals surface area contributed by atoms with Crippen molar-refractivity contribution < 1.29 is 9.59 Å². The van der Waals surface area contributed by atoms with Crippen molar-refractivity contribution in [1.82, 2.24) is 4.98 Å². The van der Waals surface area contributed by atoms with Crippen LogP contribution in [0.1, 0.15) is 38.0 Å². The largest absolute Gasteiger partial charge is 0.326 e. The molecule has 34 heavy (non-hydrogen) atoms. The summed E-state index contributed by atoms with van der Waals surface area (Å²) in [5.74, 6) is -0.136. The van der Waals surface area contributed by atoms with Gasteiger partial charge in [0.15, 0.2) is 5.13 Å². The van der Waals surface area contributed by atoms with Gasteiger partial charge in [0.25, 0.3) is 0 Å². The number of thioether (sulfide) groups is 1. The van der Waals surface area contributed by atoms with Crippen molar-refractivity contribution in [2.75, 3.05) is 10.6 Å². The lowest BCUT2D eigenvalue weighted by Gasteiger charge is -2.18. The van der Waals surface area contributed by atoms with Gasteiger partial charge < -0.3 is 10.6 Å². The number of carbonyl (C=O) groups excluding carboxylic acids is 2. The molecule has 0 aliphatic carbocycles. The van der Waals surface area contributed by atoms with E-state index in [0.29, 0.717) is 11.6 Å². The number of hydrogen-bond acceptors (Lipinski definition) is 5. The third-order valence-electron chi connectivity index (χ3n) is 4.95. The van der Waals surface area contributed by atoms with E-state index in [2.05, 4.69) is 15.6 Å². The number of nitrogens with zero attached hydrogens (tertiary/aromatic N) is 1. The summed E-state index contributed by atoms with van der Waals surface area (Å²) in [7, 11) is 0. The summed E-state index contributed by atoms with van der Waals surface area (Å²) in [5.41, 5.74) is 2.46. The number of fused-ring (bicyclic) bond motifs is 1. The average molecular weight is 490 g/mol. The van der Waals surface area contributed by atoms with Crippen LogP contribution in [0.5, 0.6) is 0 Å². The Morgan fingerprint density at radius 2 is 1.59 bits per heavy atom. The summed E-state index contributed by atoms with van der Waals surface area (Å²) in [6.07, 6.45) is 0.450. The highest BCUT2D eigenvalue weighted by Gasteiger charge is 2.23. The summed E-state index contributed by atoms with van der Waals surface area (Å²) >= 11 is 2.93. The zero-order valence-corrected chi connectivity index (χ0v) is 21.0. The zero-order chi connectivity index (χ0) is 24.1. The molecule has 3 aromatic carbocycles. The third-order valence-corrected chi connectivity index (χ3v) is 7.17. The molecule has 0 saturated carbocycles. The van der Waals surface area contributed by atoms with Crippen molar-refractivity contribution in [3.8, 4) is 0 Å². The average Bonchev–Trinajstić information content (AvgIpc) is 3.20. The first-order valence-electron chi connectivity index (χ1n) is 11.0. The van der Waals surface area contributed by atoms with Crippen LogP contribution in [0.3, 0.4) is 0 Å². The van der Waals surface area contributed by atoms with Gasteiger partial charge in [-0.3, -0.25) is 9.59 Å². The number of benzene rings is 3. The number of anilines is 2. The van der Waals surface area contributed by atoms with E-state index in [9.17, 15) is 9.59 Å². The van der Waals surface area contributed by atoms with E-state index in [1.54, 1.807) is 0 Å². The molecule has 0 saturated heterocycles. The van der Waals surface area contributed by atoms with E-state index in [1.807, 2.05) is 99.6 Å². The minimum Gasteiger partial charge on any atom is -0.326 e. The highest BCUT2D eigenvalue weighted by molar-refractivity contribution is 8.00. The highest BCUT2D eigenvalue weighted by atomic mass is 32.2. The number of rotatable bonds is 7. The van der Waals surface area contributed by atoms with Gasteiger partial charge in [-0.1, -0.05) is 74.6 Å². The number of amides is 2. The predicted molar refractivity (Wildman–Crippen MR) is 142 cm³/mol. The van der Waals surface area contributed by atoms with Crippen LogP contribution in [0.25, 0.3) is 10.2 Å². The first kappa shape index (κ1) is 24.0. The summed E-state index contributed by atoms with van der Waals surface area (Å²) in [6.45, 7) is 6.11. The van der Waals surface area contributed by atoms with Gasteiger partial charge in [-0.05, 0) is 47.4 Å². The molecule has 0 bridgehead atoms. The van der Waals surface area contributed by atoms with Gasteiger partial charge in [0, 0.05) is 17.0 Å². The molecule has 0 spiro atoms. The molecule has 0 aliphatic rings. The topological polar surface area (TPSA) is 71.1 Å². The quantitative estimate of drug-likeness (QED) is 0.271. The second-order valence-electron chi connectivity index (χ2n) is 9.19. The van der Waals surface area contributed by atoms with E-state index < -0.39 is 5.25 Å². The molecule has 4 rings (SSSR count). The maximum Gasteiger partial charge on any atom is 0.244 e. The van der Waals surface area contributed by atoms with Gasteiger partial charge >= 0.3 is 0 Å². The molecule has 1 unspecified atom stereocenters. The van der Waals surface area contributed by atoms with E-state index >= 15 is 0 Å². The van der Waals surface area contributed by atoms with Gasteiger partial charge in [0.2, 0.25) is 11.8 Å². The molecule has 0 fully saturated rings. The van der Waals surface area contributed by atoms with Crippen molar-refractivity contribution in [2.24, 2.45) is 5.41 Å². The Morgan fingerprint density at radius 1 is 0.912 bits per heavy atom. The van der Waals surface area contributed by atoms with Crippen LogP contribution in [-0.2, 0) is 9.59 Å². The molecule has 5 nitrogen and oxygen atoms in total. The lowest BCUT2D eigenvalue weighted by atomic mass is 9.92. The fraction of sp³-hybridized carbons (Fsp3) is 0.222. The molecule has 2 amide bonds. The van der Waals surface area contributed by atoms with Crippen molar-refractivity contribution >= 4 is 55.9 Å². The number of hydrogen-bond donors (Lipinski definition) is 2. The second kappa shape index (κ2) is 10.4. The van der Waals surface area contributed by atoms with E-state index in [0.717, 1.165) is 26.4 Å². The maximum absolute atomic E-state index is 13.3. The van der Waals surface area contributed by atoms with Gasteiger partial charge in [0.1, 0.15) is 5.25 Å². The van der Waals surface area contributed by atoms with Crippen LogP contribution in [0.4, 0.5) is 10.8 Å². The van der Waals surface area contributed by atoms with Crippen molar-refractivity contribution in [1.29, 1.82) is 0 Å². The molecule has 174 valence electrons. The third kappa shape index (κ3) is 6.46. The summed E-state index contributed by atoms with van der Waals surface area (Å²) in [5, 5.41) is 6.08. The Kier molecular flexibility index (Phi) is 7.34. The second-order valence-corrected chi connectivity index (χ2v) is 11.4. The van der Waals surface area contributed by atoms with Gasteiger partial charge in [-0.2, -0.15) is 0 Å². The van der Waals surface area contributed by atoms with Gasteiger partial charge in [0.05, 0.1) is 10.2 Å². The molecule has 1 atom stereocenters. The first-order chi connectivity index (χ1) is 16.3.